The van der Waals surface area contributed by atoms with Crippen LogP contribution in [0.4, 0.5) is 10.3 Å². The molecule has 0 fully saturated rings. The van der Waals surface area contributed by atoms with Gasteiger partial charge in [0, 0.05) is 19.2 Å². The van der Waals surface area contributed by atoms with Gasteiger partial charge in [0.15, 0.2) is 5.95 Å². The summed E-state index contributed by atoms with van der Waals surface area (Å²) < 4.78 is 14.9. The Balaban J connectivity index is 2.34. The number of imidazole rings is 1. The Labute approximate surface area is 93.7 Å². The fourth-order valence-electron chi connectivity index (χ4n) is 1.78. The van der Waals surface area contributed by atoms with Crippen LogP contribution >= 0.6 is 0 Å². The highest BCUT2D eigenvalue weighted by atomic mass is 19.1. The van der Waals surface area contributed by atoms with Gasteiger partial charge in [-0.25, -0.2) is 9.37 Å². The molecule has 1 aromatic carbocycles. The topological polar surface area (TPSA) is 43.8 Å². The predicted molar refractivity (Wildman–Crippen MR) is 61.6 cm³/mol. The van der Waals surface area contributed by atoms with E-state index in [0.717, 1.165) is 17.0 Å². The molecular weight excluding hydrogens is 205 g/mol. The van der Waals surface area contributed by atoms with E-state index in [9.17, 15) is 4.39 Å². The molecule has 0 radical (unpaired) electrons. The number of benzene rings is 1. The molecule has 0 unspecified atom stereocenters. The molecule has 2 aromatic rings. The van der Waals surface area contributed by atoms with Crippen LogP contribution in [0.25, 0.3) is 0 Å². The molecule has 2 N–H and O–H groups in total. The van der Waals surface area contributed by atoms with E-state index >= 15 is 0 Å². The second-order valence-corrected chi connectivity index (χ2v) is 3.87. The van der Waals surface area contributed by atoms with Gasteiger partial charge in [-0.2, -0.15) is 0 Å². The molecule has 0 saturated heterocycles. The predicted octanol–water partition coefficient (Wildman–Crippen LogP) is 2.04. The fraction of sp³-hybridized carbons (Fsp3) is 0.250. The Hall–Kier alpha value is -1.84. The lowest BCUT2D eigenvalue weighted by molar-refractivity contribution is 0.625. The van der Waals surface area contributed by atoms with Crippen molar-refractivity contribution >= 4 is 5.95 Å². The standard InChI is InChI=1S/C12H14FN3/c1-8-11(16(2)12(14)15-8)7-9-4-3-5-10(13)6-9/h3-6H,7H2,1-2H3,(H2,14,15). The van der Waals surface area contributed by atoms with Crippen LogP contribution in [-0.2, 0) is 13.5 Å². The van der Waals surface area contributed by atoms with Gasteiger partial charge in [-0.15, -0.1) is 0 Å². The number of anilines is 1. The molecule has 84 valence electrons. The van der Waals surface area contributed by atoms with E-state index in [1.165, 1.54) is 12.1 Å². The molecule has 4 heteroatoms. The number of aryl methyl sites for hydroxylation is 1. The average Bonchev–Trinajstić information content (AvgIpc) is 2.45. The van der Waals surface area contributed by atoms with Gasteiger partial charge < -0.3 is 10.3 Å². The minimum Gasteiger partial charge on any atom is -0.369 e. The summed E-state index contributed by atoms with van der Waals surface area (Å²) in [5.74, 6) is 0.272. The third-order valence-electron chi connectivity index (χ3n) is 2.71. The molecule has 0 aliphatic carbocycles. The molecule has 16 heavy (non-hydrogen) atoms. The van der Waals surface area contributed by atoms with Crippen LogP contribution in [0.5, 0.6) is 0 Å². The van der Waals surface area contributed by atoms with E-state index in [4.69, 9.17) is 5.73 Å². The number of aromatic nitrogens is 2. The van der Waals surface area contributed by atoms with Crippen molar-refractivity contribution in [2.75, 3.05) is 5.73 Å². The number of hydrogen-bond donors (Lipinski definition) is 1. The lowest BCUT2D eigenvalue weighted by atomic mass is 10.1. The smallest absolute Gasteiger partial charge is 0.200 e. The van der Waals surface area contributed by atoms with Crippen LogP contribution in [0.1, 0.15) is 17.0 Å². The second kappa shape index (κ2) is 3.96. The Bertz CT molecular complexity index is 517. The highest BCUT2D eigenvalue weighted by molar-refractivity contribution is 5.32. The summed E-state index contributed by atoms with van der Waals surface area (Å²) in [6, 6.07) is 6.57. The molecule has 0 saturated carbocycles. The maximum Gasteiger partial charge on any atom is 0.200 e. The number of nitrogens with two attached hydrogens (primary N) is 1. The van der Waals surface area contributed by atoms with Crippen molar-refractivity contribution in [3.8, 4) is 0 Å². The van der Waals surface area contributed by atoms with Gasteiger partial charge >= 0.3 is 0 Å². The van der Waals surface area contributed by atoms with E-state index in [-0.39, 0.29) is 5.82 Å². The second-order valence-electron chi connectivity index (χ2n) is 3.87. The molecule has 0 bridgehead atoms. The van der Waals surface area contributed by atoms with Crippen LogP contribution < -0.4 is 5.73 Å². The molecular formula is C12H14FN3. The monoisotopic (exact) mass is 219 g/mol. The lowest BCUT2D eigenvalue weighted by Crippen LogP contribution is -2.02. The Morgan fingerprint density at radius 3 is 2.75 bits per heavy atom. The zero-order valence-electron chi connectivity index (χ0n) is 9.37. The average molecular weight is 219 g/mol. The zero-order chi connectivity index (χ0) is 11.7. The third kappa shape index (κ3) is 1.91. The highest BCUT2D eigenvalue weighted by Gasteiger charge is 2.09. The van der Waals surface area contributed by atoms with Gasteiger partial charge in [-0.1, -0.05) is 12.1 Å². The van der Waals surface area contributed by atoms with Crippen molar-refractivity contribution in [3.05, 3.63) is 47.0 Å². The third-order valence-corrected chi connectivity index (χ3v) is 2.71. The summed E-state index contributed by atoms with van der Waals surface area (Å²) in [6.45, 7) is 1.91. The minimum absolute atomic E-state index is 0.217. The first kappa shape index (κ1) is 10.7. The highest BCUT2D eigenvalue weighted by Crippen LogP contribution is 2.16. The van der Waals surface area contributed by atoms with Gasteiger partial charge in [0.2, 0.25) is 0 Å². The number of hydrogen-bond acceptors (Lipinski definition) is 2. The maximum absolute atomic E-state index is 13.0. The van der Waals surface area contributed by atoms with Gasteiger partial charge in [0.1, 0.15) is 5.82 Å². The van der Waals surface area contributed by atoms with E-state index in [1.807, 2.05) is 24.6 Å². The fourth-order valence-corrected chi connectivity index (χ4v) is 1.78. The summed E-state index contributed by atoms with van der Waals surface area (Å²) in [5.41, 5.74) is 8.53. The van der Waals surface area contributed by atoms with E-state index in [2.05, 4.69) is 4.98 Å². The maximum atomic E-state index is 13.0. The molecule has 1 aromatic heterocycles. The van der Waals surface area contributed by atoms with E-state index in [0.29, 0.717) is 12.4 Å². The van der Waals surface area contributed by atoms with E-state index < -0.39 is 0 Å². The van der Waals surface area contributed by atoms with Gasteiger partial charge in [0.25, 0.3) is 0 Å². The van der Waals surface area contributed by atoms with Crippen molar-refractivity contribution in [1.82, 2.24) is 9.55 Å². The van der Waals surface area contributed by atoms with Crippen LogP contribution in [0, 0.1) is 12.7 Å². The van der Waals surface area contributed by atoms with Crippen LogP contribution in [0.15, 0.2) is 24.3 Å². The summed E-state index contributed by atoms with van der Waals surface area (Å²) in [4.78, 5) is 4.18. The molecule has 3 nitrogen and oxygen atoms in total. The molecule has 0 spiro atoms. The summed E-state index contributed by atoms with van der Waals surface area (Å²) >= 11 is 0. The first-order chi connectivity index (χ1) is 7.58. The number of rotatable bonds is 2. The Morgan fingerprint density at radius 2 is 2.19 bits per heavy atom. The SMILES string of the molecule is Cc1nc(N)n(C)c1Cc1cccc(F)c1. The van der Waals surface area contributed by atoms with Gasteiger partial charge in [0.05, 0.1) is 5.69 Å². The van der Waals surface area contributed by atoms with Crippen LogP contribution in [-0.4, -0.2) is 9.55 Å². The summed E-state index contributed by atoms with van der Waals surface area (Å²) in [7, 11) is 1.87. The van der Waals surface area contributed by atoms with Crippen molar-refractivity contribution < 1.29 is 4.39 Å². The molecule has 1 heterocycles. The Kier molecular flexibility index (Phi) is 2.64. The van der Waals surface area contributed by atoms with Crippen LogP contribution in [0.3, 0.4) is 0 Å². The molecule has 0 aliphatic rings. The van der Waals surface area contributed by atoms with Crippen molar-refractivity contribution in [2.24, 2.45) is 7.05 Å². The first-order valence-electron chi connectivity index (χ1n) is 5.10. The number of halogens is 1. The van der Waals surface area contributed by atoms with Crippen molar-refractivity contribution in [2.45, 2.75) is 13.3 Å². The largest absolute Gasteiger partial charge is 0.369 e. The zero-order valence-corrected chi connectivity index (χ0v) is 9.37. The number of nitrogens with zero attached hydrogens (tertiary/aromatic N) is 2. The molecule has 2 rings (SSSR count). The number of nitrogen functional groups attached to an aromatic ring is 1. The van der Waals surface area contributed by atoms with Crippen molar-refractivity contribution in [1.29, 1.82) is 0 Å². The van der Waals surface area contributed by atoms with Gasteiger partial charge in [-0.3, -0.25) is 0 Å². The molecule has 0 amide bonds. The quantitative estimate of drug-likeness (QED) is 0.840. The summed E-state index contributed by atoms with van der Waals surface area (Å²) in [5, 5.41) is 0. The van der Waals surface area contributed by atoms with Gasteiger partial charge in [-0.05, 0) is 24.6 Å². The van der Waals surface area contributed by atoms with Crippen molar-refractivity contribution in [3.63, 3.8) is 0 Å². The molecule has 0 aliphatic heterocycles. The molecule has 0 atom stereocenters. The first-order valence-corrected chi connectivity index (χ1v) is 5.10. The minimum atomic E-state index is -0.217. The van der Waals surface area contributed by atoms with Crippen LogP contribution in [0.2, 0.25) is 0 Å². The lowest BCUT2D eigenvalue weighted by Gasteiger charge is -2.05. The summed E-state index contributed by atoms with van der Waals surface area (Å²) in [6.07, 6.45) is 0.643. The Morgan fingerprint density at radius 1 is 1.44 bits per heavy atom. The van der Waals surface area contributed by atoms with E-state index in [1.54, 1.807) is 6.07 Å². The normalized spacial score (nSPS) is 10.7.